The normalized spacial score (nSPS) is 16.6. The number of hydrogen-bond acceptors (Lipinski definition) is 4. The van der Waals surface area contributed by atoms with Gasteiger partial charge in [-0.15, -0.1) is 5.10 Å². The van der Waals surface area contributed by atoms with Crippen molar-refractivity contribution >= 4 is 23.1 Å². The Morgan fingerprint density at radius 2 is 1.78 bits per heavy atom. The highest BCUT2D eigenvalue weighted by Crippen LogP contribution is 2.27. The van der Waals surface area contributed by atoms with Gasteiger partial charge in [-0.1, -0.05) is 24.3 Å². The Balaban J connectivity index is 1.54. The standard InChI is InChI=1S/C22H20F4N4O2/c23-18-12-15(6-7-17(18)19-13-20(28-27-19)22(24,25)26)14-30(16-4-2-1-3-5-16)21(31)29-8-10-32-11-9-29/h1-7,12H,8-11,13-14H2. The molecule has 0 aliphatic carbocycles. The number of hydrogen-bond donors (Lipinski definition) is 0. The molecule has 0 bridgehead atoms. The van der Waals surface area contributed by atoms with Crippen LogP contribution < -0.4 is 4.90 Å². The lowest BCUT2D eigenvalue weighted by Crippen LogP contribution is -2.48. The average Bonchev–Trinajstić information content (AvgIpc) is 3.29. The van der Waals surface area contributed by atoms with Crippen molar-refractivity contribution in [3.8, 4) is 0 Å². The number of morpholine rings is 1. The third-order valence-electron chi connectivity index (χ3n) is 5.22. The summed E-state index contributed by atoms with van der Waals surface area (Å²) in [5.74, 6) is -0.716. The summed E-state index contributed by atoms with van der Waals surface area (Å²) in [6, 6.07) is 12.9. The van der Waals surface area contributed by atoms with Gasteiger partial charge in [0.05, 0.1) is 25.5 Å². The minimum Gasteiger partial charge on any atom is -0.378 e. The van der Waals surface area contributed by atoms with E-state index in [1.165, 1.54) is 17.0 Å². The molecule has 32 heavy (non-hydrogen) atoms. The Labute approximate surface area is 181 Å². The first-order valence-electron chi connectivity index (χ1n) is 10.0. The molecule has 2 amide bonds. The lowest BCUT2D eigenvalue weighted by Gasteiger charge is -2.33. The van der Waals surface area contributed by atoms with Gasteiger partial charge in [0.15, 0.2) is 0 Å². The fourth-order valence-electron chi connectivity index (χ4n) is 3.53. The molecule has 1 fully saturated rings. The van der Waals surface area contributed by atoms with Crippen molar-refractivity contribution < 1.29 is 27.1 Å². The van der Waals surface area contributed by atoms with Crippen LogP contribution in [0.5, 0.6) is 0 Å². The maximum absolute atomic E-state index is 14.8. The highest BCUT2D eigenvalue weighted by atomic mass is 19.4. The number of ether oxygens (including phenoxy) is 1. The third kappa shape index (κ3) is 4.80. The van der Waals surface area contributed by atoms with E-state index in [1.54, 1.807) is 35.2 Å². The number of nitrogens with zero attached hydrogens (tertiary/aromatic N) is 4. The van der Waals surface area contributed by atoms with E-state index in [4.69, 9.17) is 4.74 Å². The number of amides is 2. The van der Waals surface area contributed by atoms with Crippen LogP contribution in [0.4, 0.5) is 28.0 Å². The summed E-state index contributed by atoms with van der Waals surface area (Å²) in [4.78, 5) is 16.4. The van der Waals surface area contributed by atoms with Gasteiger partial charge in [0.25, 0.3) is 0 Å². The Kier molecular flexibility index (Phi) is 6.22. The molecule has 6 nitrogen and oxygen atoms in total. The van der Waals surface area contributed by atoms with Crippen LogP contribution >= 0.6 is 0 Å². The van der Waals surface area contributed by atoms with Crippen LogP contribution in [0.3, 0.4) is 0 Å². The summed E-state index contributed by atoms with van der Waals surface area (Å²) in [7, 11) is 0. The van der Waals surface area contributed by atoms with Crippen molar-refractivity contribution in [3.63, 3.8) is 0 Å². The zero-order chi connectivity index (χ0) is 22.7. The predicted octanol–water partition coefficient (Wildman–Crippen LogP) is 4.40. The summed E-state index contributed by atoms with van der Waals surface area (Å²) >= 11 is 0. The molecule has 0 atom stereocenters. The van der Waals surface area contributed by atoms with Crippen molar-refractivity contribution in [2.75, 3.05) is 31.2 Å². The van der Waals surface area contributed by atoms with Crippen LogP contribution in [0.2, 0.25) is 0 Å². The maximum atomic E-state index is 14.8. The number of rotatable bonds is 4. The zero-order valence-electron chi connectivity index (χ0n) is 17.0. The van der Waals surface area contributed by atoms with Crippen molar-refractivity contribution in [3.05, 3.63) is 65.5 Å². The predicted molar refractivity (Wildman–Crippen MR) is 111 cm³/mol. The molecule has 2 aliphatic heterocycles. The summed E-state index contributed by atoms with van der Waals surface area (Å²) < 4.78 is 58.5. The van der Waals surface area contributed by atoms with Crippen LogP contribution in [0.25, 0.3) is 0 Å². The number of carbonyl (C=O) groups is 1. The summed E-state index contributed by atoms with van der Waals surface area (Å²) in [5, 5.41) is 6.64. The van der Waals surface area contributed by atoms with Gasteiger partial charge >= 0.3 is 12.2 Å². The molecule has 0 unspecified atom stereocenters. The molecule has 0 N–H and O–H groups in total. The van der Waals surface area contributed by atoms with Crippen molar-refractivity contribution in [2.24, 2.45) is 10.2 Å². The average molecular weight is 448 g/mol. The van der Waals surface area contributed by atoms with Gasteiger partial charge < -0.3 is 9.64 Å². The minimum absolute atomic E-state index is 0.0393. The van der Waals surface area contributed by atoms with E-state index in [-0.39, 0.29) is 23.9 Å². The second kappa shape index (κ2) is 9.07. The zero-order valence-corrected chi connectivity index (χ0v) is 17.0. The monoisotopic (exact) mass is 448 g/mol. The van der Waals surface area contributed by atoms with Gasteiger partial charge in [0.2, 0.25) is 0 Å². The highest BCUT2D eigenvalue weighted by Gasteiger charge is 2.39. The molecule has 2 aromatic carbocycles. The minimum atomic E-state index is -4.60. The van der Waals surface area contributed by atoms with Gasteiger partial charge in [-0.2, -0.15) is 18.3 Å². The van der Waals surface area contributed by atoms with Gasteiger partial charge in [0, 0.05) is 30.8 Å². The molecule has 0 radical (unpaired) electrons. The Bertz CT molecular complexity index is 1050. The largest absolute Gasteiger partial charge is 0.431 e. The maximum Gasteiger partial charge on any atom is 0.431 e. The molecule has 0 saturated carbocycles. The molecule has 10 heteroatoms. The van der Waals surface area contributed by atoms with Crippen LogP contribution in [0, 0.1) is 5.82 Å². The van der Waals surface area contributed by atoms with Crippen molar-refractivity contribution in [2.45, 2.75) is 19.1 Å². The van der Waals surface area contributed by atoms with E-state index in [9.17, 15) is 22.4 Å². The summed E-state index contributed by atoms with van der Waals surface area (Å²) in [6.45, 7) is 1.89. The molecule has 168 valence electrons. The van der Waals surface area contributed by atoms with Crippen LogP contribution in [-0.4, -0.2) is 54.8 Å². The number of urea groups is 1. The smallest absolute Gasteiger partial charge is 0.378 e. The molecule has 0 aromatic heterocycles. The lowest BCUT2D eigenvalue weighted by atomic mass is 10.0. The van der Waals surface area contributed by atoms with Crippen molar-refractivity contribution in [1.29, 1.82) is 0 Å². The van der Waals surface area contributed by atoms with E-state index >= 15 is 0 Å². The van der Waals surface area contributed by atoms with E-state index in [0.29, 0.717) is 37.6 Å². The number of alkyl halides is 3. The fraction of sp³-hybridized carbons (Fsp3) is 0.318. The van der Waals surface area contributed by atoms with Crippen LogP contribution in [0.1, 0.15) is 17.5 Å². The number of halogens is 4. The van der Waals surface area contributed by atoms with Gasteiger partial charge in [0.1, 0.15) is 11.5 Å². The topological polar surface area (TPSA) is 57.5 Å². The first kappa shape index (κ1) is 21.9. The number of benzene rings is 2. The molecule has 1 saturated heterocycles. The molecular formula is C22H20F4N4O2. The molecule has 2 heterocycles. The fourth-order valence-corrected chi connectivity index (χ4v) is 3.53. The lowest BCUT2D eigenvalue weighted by molar-refractivity contribution is -0.0596. The van der Waals surface area contributed by atoms with Crippen LogP contribution in [-0.2, 0) is 11.3 Å². The molecular weight excluding hydrogens is 428 g/mol. The number of anilines is 1. The first-order chi connectivity index (χ1) is 15.3. The quantitative estimate of drug-likeness (QED) is 0.652. The third-order valence-corrected chi connectivity index (χ3v) is 5.22. The number of para-hydroxylation sites is 1. The SMILES string of the molecule is O=C(N1CCOCC1)N(Cc1ccc(C2=NN=C(C(F)(F)F)C2)c(F)c1)c1ccccc1. The van der Waals surface area contributed by atoms with E-state index in [0.717, 1.165) is 0 Å². The Hall–Kier alpha value is -3.27. The van der Waals surface area contributed by atoms with Gasteiger partial charge in [-0.05, 0) is 29.8 Å². The molecule has 2 aliphatic rings. The Morgan fingerprint density at radius 3 is 2.41 bits per heavy atom. The second-order valence-electron chi connectivity index (χ2n) is 7.39. The summed E-state index contributed by atoms with van der Waals surface area (Å²) in [6.07, 6.45) is -5.18. The second-order valence-corrected chi connectivity index (χ2v) is 7.39. The first-order valence-corrected chi connectivity index (χ1v) is 10.0. The van der Waals surface area contributed by atoms with Gasteiger partial charge in [-0.3, -0.25) is 4.90 Å². The van der Waals surface area contributed by atoms with Crippen LogP contribution in [0.15, 0.2) is 58.7 Å². The molecule has 2 aromatic rings. The van der Waals surface area contributed by atoms with Crippen molar-refractivity contribution in [1.82, 2.24) is 4.90 Å². The Morgan fingerprint density at radius 1 is 1.06 bits per heavy atom. The van der Waals surface area contributed by atoms with E-state index in [2.05, 4.69) is 10.2 Å². The molecule has 0 spiro atoms. The summed E-state index contributed by atoms with van der Waals surface area (Å²) in [5.41, 5.74) is -0.0281. The van der Waals surface area contributed by atoms with E-state index < -0.39 is 24.1 Å². The van der Waals surface area contributed by atoms with Gasteiger partial charge in [-0.25, -0.2) is 9.18 Å². The molecule has 4 rings (SSSR count). The van der Waals surface area contributed by atoms with E-state index in [1.807, 2.05) is 6.07 Å². The number of carbonyl (C=O) groups excluding carboxylic acids is 1. The highest BCUT2D eigenvalue weighted by molar-refractivity contribution is 6.16.